The van der Waals surface area contributed by atoms with E-state index in [0.717, 1.165) is 29.0 Å². The minimum Gasteiger partial charge on any atom is -0.479 e. The van der Waals surface area contributed by atoms with Crippen LogP contribution in [0.1, 0.15) is 19.3 Å². The Morgan fingerprint density at radius 3 is 2.83 bits per heavy atom. The van der Waals surface area contributed by atoms with Gasteiger partial charge in [-0.3, -0.25) is 0 Å². The Balaban J connectivity index is 2.11. The number of fused-ring (bicyclic) bond motifs is 1. The summed E-state index contributed by atoms with van der Waals surface area (Å²) in [6.07, 6.45) is 5.67. The average molecular weight is 264 g/mol. The third-order valence-electron chi connectivity index (χ3n) is 3.27. The van der Waals surface area contributed by atoms with Crippen molar-refractivity contribution < 1.29 is 4.74 Å². The molecule has 0 spiro atoms. The van der Waals surface area contributed by atoms with Crippen LogP contribution in [0.25, 0.3) is 10.2 Å². The van der Waals surface area contributed by atoms with Crippen LogP contribution in [0.15, 0.2) is 6.20 Å². The number of nitrogens with two attached hydrogens (primary N) is 1. The fraction of sp³-hybridized carbons (Fsp3) is 0.500. The molecule has 6 heteroatoms. The number of nitrogens with zero attached hydrogens (tertiary/aromatic N) is 3. The van der Waals surface area contributed by atoms with E-state index in [-0.39, 0.29) is 0 Å². The zero-order valence-electron chi connectivity index (χ0n) is 10.3. The summed E-state index contributed by atoms with van der Waals surface area (Å²) in [4.78, 5) is 11.0. The summed E-state index contributed by atoms with van der Waals surface area (Å²) in [5, 5.41) is 0.564. The lowest BCUT2D eigenvalue weighted by atomic mass is 10.1. The third-order valence-corrected chi connectivity index (χ3v) is 4.18. The minimum absolute atomic E-state index is 0.554. The first kappa shape index (κ1) is 11.5. The molecule has 0 aliphatic carbocycles. The van der Waals surface area contributed by atoms with Crippen molar-refractivity contribution in [2.75, 3.05) is 30.8 Å². The number of methoxy groups -OCH3 is 1. The Labute approximate surface area is 110 Å². The number of pyridine rings is 1. The Bertz CT molecular complexity index is 562. The van der Waals surface area contributed by atoms with Crippen LogP contribution < -0.4 is 15.4 Å². The zero-order chi connectivity index (χ0) is 12.5. The van der Waals surface area contributed by atoms with Gasteiger partial charge in [0, 0.05) is 13.1 Å². The number of anilines is 2. The molecular weight excluding hydrogens is 248 g/mol. The highest BCUT2D eigenvalue weighted by Crippen LogP contribution is 2.37. The van der Waals surface area contributed by atoms with Crippen LogP contribution in [0, 0.1) is 0 Å². The van der Waals surface area contributed by atoms with E-state index in [0.29, 0.717) is 11.0 Å². The van der Waals surface area contributed by atoms with Crippen LogP contribution in [0.3, 0.4) is 0 Å². The lowest BCUT2D eigenvalue weighted by Gasteiger charge is -2.28. The number of piperidine rings is 1. The predicted octanol–water partition coefficient (Wildman–Crippen LogP) is 2.27. The number of thiazole rings is 1. The number of hydrogen-bond acceptors (Lipinski definition) is 6. The van der Waals surface area contributed by atoms with E-state index in [2.05, 4.69) is 14.9 Å². The second-order valence-corrected chi connectivity index (χ2v) is 5.46. The topological polar surface area (TPSA) is 64.3 Å². The van der Waals surface area contributed by atoms with Gasteiger partial charge in [0.25, 0.3) is 0 Å². The number of rotatable bonds is 2. The van der Waals surface area contributed by atoms with E-state index in [4.69, 9.17) is 10.5 Å². The molecule has 2 aromatic heterocycles. The van der Waals surface area contributed by atoms with E-state index in [1.54, 1.807) is 7.11 Å². The predicted molar refractivity (Wildman–Crippen MR) is 74.4 cm³/mol. The van der Waals surface area contributed by atoms with E-state index < -0.39 is 0 Å². The SMILES string of the molecule is COc1ncc(N2CCCCC2)c2sc(N)nc12. The second-order valence-electron chi connectivity index (χ2n) is 4.43. The quantitative estimate of drug-likeness (QED) is 0.901. The molecule has 1 aliphatic rings. The van der Waals surface area contributed by atoms with Crippen molar-refractivity contribution in [3.05, 3.63) is 6.20 Å². The molecule has 0 bridgehead atoms. The molecule has 0 aromatic carbocycles. The Hall–Kier alpha value is -1.56. The number of hydrogen-bond donors (Lipinski definition) is 1. The van der Waals surface area contributed by atoms with E-state index >= 15 is 0 Å². The molecule has 96 valence electrons. The Kier molecular flexibility index (Phi) is 2.95. The lowest BCUT2D eigenvalue weighted by molar-refractivity contribution is 0.402. The molecule has 0 amide bonds. The first-order valence-corrected chi connectivity index (χ1v) is 6.95. The molecule has 0 unspecified atom stereocenters. The van der Waals surface area contributed by atoms with E-state index in [9.17, 15) is 0 Å². The van der Waals surface area contributed by atoms with Crippen LogP contribution in [-0.4, -0.2) is 30.2 Å². The summed E-state index contributed by atoms with van der Waals surface area (Å²) in [6.45, 7) is 2.17. The maximum atomic E-state index is 5.82. The van der Waals surface area contributed by atoms with Gasteiger partial charge in [0.05, 0.1) is 23.7 Å². The molecule has 0 radical (unpaired) electrons. The standard InChI is InChI=1S/C12H16N4OS/c1-17-11-9-10(18-12(13)15-9)8(7-14-11)16-5-3-2-4-6-16/h7H,2-6H2,1H3,(H2,13,15). The van der Waals surface area contributed by atoms with Crippen molar-refractivity contribution in [1.82, 2.24) is 9.97 Å². The molecule has 5 nitrogen and oxygen atoms in total. The average Bonchev–Trinajstić information content (AvgIpc) is 2.80. The Morgan fingerprint density at radius 1 is 1.33 bits per heavy atom. The summed E-state index contributed by atoms with van der Waals surface area (Å²) < 4.78 is 6.33. The fourth-order valence-electron chi connectivity index (χ4n) is 2.40. The summed E-state index contributed by atoms with van der Waals surface area (Å²) in [5.41, 5.74) is 7.74. The van der Waals surface area contributed by atoms with Gasteiger partial charge in [-0.1, -0.05) is 11.3 Å². The van der Waals surface area contributed by atoms with Crippen LogP contribution in [0.2, 0.25) is 0 Å². The van der Waals surface area contributed by atoms with Crippen molar-refractivity contribution in [2.45, 2.75) is 19.3 Å². The maximum absolute atomic E-state index is 5.82. The maximum Gasteiger partial charge on any atom is 0.241 e. The third kappa shape index (κ3) is 1.86. The van der Waals surface area contributed by atoms with Crippen molar-refractivity contribution in [1.29, 1.82) is 0 Å². The smallest absolute Gasteiger partial charge is 0.241 e. The van der Waals surface area contributed by atoms with Gasteiger partial charge in [-0.2, -0.15) is 0 Å². The van der Waals surface area contributed by atoms with Crippen molar-refractivity contribution in [2.24, 2.45) is 0 Å². The summed E-state index contributed by atoms with van der Waals surface area (Å²) >= 11 is 1.51. The van der Waals surface area contributed by atoms with Gasteiger partial charge < -0.3 is 15.4 Å². The molecule has 3 rings (SSSR count). The highest BCUT2D eigenvalue weighted by atomic mass is 32.1. The molecule has 2 N–H and O–H groups in total. The van der Waals surface area contributed by atoms with Crippen LogP contribution in [0.5, 0.6) is 5.88 Å². The molecule has 18 heavy (non-hydrogen) atoms. The number of ether oxygens (including phenoxy) is 1. The largest absolute Gasteiger partial charge is 0.479 e. The molecule has 3 heterocycles. The molecule has 2 aromatic rings. The van der Waals surface area contributed by atoms with Crippen LogP contribution in [0.4, 0.5) is 10.8 Å². The van der Waals surface area contributed by atoms with Crippen molar-refractivity contribution in [3.8, 4) is 5.88 Å². The molecule has 0 atom stereocenters. The van der Waals surface area contributed by atoms with Gasteiger partial charge in [0.1, 0.15) is 5.52 Å². The summed E-state index contributed by atoms with van der Waals surface area (Å²) in [5.74, 6) is 0.554. The second kappa shape index (κ2) is 4.61. The highest BCUT2D eigenvalue weighted by Gasteiger charge is 2.19. The fourth-order valence-corrected chi connectivity index (χ4v) is 3.27. The minimum atomic E-state index is 0.554. The monoisotopic (exact) mass is 264 g/mol. The summed E-state index contributed by atoms with van der Waals surface area (Å²) in [7, 11) is 1.61. The molecule has 1 aliphatic heterocycles. The normalized spacial score (nSPS) is 16.2. The molecular formula is C12H16N4OS. The first-order chi connectivity index (χ1) is 8.79. The highest BCUT2D eigenvalue weighted by molar-refractivity contribution is 7.22. The van der Waals surface area contributed by atoms with Gasteiger partial charge in [-0.25, -0.2) is 9.97 Å². The van der Waals surface area contributed by atoms with Gasteiger partial charge in [0.15, 0.2) is 5.13 Å². The lowest BCUT2D eigenvalue weighted by Crippen LogP contribution is -2.29. The zero-order valence-corrected chi connectivity index (χ0v) is 11.2. The van der Waals surface area contributed by atoms with Crippen LogP contribution >= 0.6 is 11.3 Å². The van der Waals surface area contributed by atoms with Crippen LogP contribution in [-0.2, 0) is 0 Å². The summed E-state index contributed by atoms with van der Waals surface area (Å²) in [6, 6.07) is 0. The Morgan fingerprint density at radius 2 is 2.11 bits per heavy atom. The van der Waals surface area contributed by atoms with Gasteiger partial charge >= 0.3 is 0 Å². The number of nitrogen functional groups attached to an aromatic ring is 1. The number of aromatic nitrogens is 2. The van der Waals surface area contributed by atoms with Crippen molar-refractivity contribution >= 4 is 32.4 Å². The van der Waals surface area contributed by atoms with Gasteiger partial charge in [-0.05, 0) is 19.3 Å². The van der Waals surface area contributed by atoms with Crippen molar-refractivity contribution in [3.63, 3.8) is 0 Å². The van der Waals surface area contributed by atoms with E-state index in [1.165, 1.54) is 30.6 Å². The van der Waals surface area contributed by atoms with Gasteiger partial charge in [-0.15, -0.1) is 0 Å². The first-order valence-electron chi connectivity index (χ1n) is 6.13. The molecule has 1 saturated heterocycles. The molecule has 0 saturated carbocycles. The molecule has 1 fully saturated rings. The van der Waals surface area contributed by atoms with Gasteiger partial charge in [0.2, 0.25) is 5.88 Å². The van der Waals surface area contributed by atoms with E-state index in [1.807, 2.05) is 6.20 Å².